The summed E-state index contributed by atoms with van der Waals surface area (Å²) in [6, 6.07) is 10.8. The number of fused-ring (bicyclic) bond motifs is 4. The number of hydrogen-bond donors (Lipinski definition) is 2. The molecule has 1 aromatic heterocycles. The minimum Gasteiger partial charge on any atom is -0.337 e. The van der Waals surface area contributed by atoms with Gasteiger partial charge in [0.25, 0.3) is 5.56 Å². The summed E-state index contributed by atoms with van der Waals surface area (Å²) < 4.78 is 2.84. The van der Waals surface area contributed by atoms with Crippen molar-refractivity contribution in [3.05, 3.63) is 62.5 Å². The SMILES string of the molecule is Cc1cc(NC(=O)CCNC(=O)N2C[C@@H]3C[C@H](C2)c2cccc(=O)n2C3)ccc1Br. The normalized spacial score (nSPS) is 19.7. The number of aromatic nitrogens is 1. The quantitative estimate of drug-likeness (QED) is 0.716. The summed E-state index contributed by atoms with van der Waals surface area (Å²) >= 11 is 3.44. The molecule has 3 amide bonds. The van der Waals surface area contributed by atoms with E-state index in [1.165, 1.54) is 0 Å². The molecule has 1 fully saturated rings. The number of rotatable bonds is 4. The van der Waals surface area contributed by atoms with E-state index < -0.39 is 0 Å². The molecule has 8 heteroatoms. The first-order valence-corrected chi connectivity index (χ1v) is 11.0. The zero-order valence-electron chi connectivity index (χ0n) is 16.9. The molecule has 1 saturated heterocycles. The van der Waals surface area contributed by atoms with Gasteiger partial charge in [-0.1, -0.05) is 22.0 Å². The van der Waals surface area contributed by atoms with Gasteiger partial charge in [0.05, 0.1) is 0 Å². The molecular weight excluding hydrogens is 448 g/mol. The summed E-state index contributed by atoms with van der Waals surface area (Å²) in [7, 11) is 0. The first kappa shape index (κ1) is 20.7. The van der Waals surface area contributed by atoms with Crippen LogP contribution >= 0.6 is 15.9 Å². The fourth-order valence-electron chi connectivity index (χ4n) is 4.40. The number of piperidine rings is 1. The highest BCUT2D eigenvalue weighted by Crippen LogP contribution is 2.34. The predicted molar refractivity (Wildman–Crippen MR) is 119 cm³/mol. The number of aryl methyl sites for hydroxylation is 1. The van der Waals surface area contributed by atoms with Gasteiger partial charge in [0.2, 0.25) is 5.91 Å². The average Bonchev–Trinajstić information content (AvgIpc) is 2.71. The van der Waals surface area contributed by atoms with Gasteiger partial charge in [-0.05, 0) is 49.1 Å². The third-order valence-corrected chi connectivity index (χ3v) is 6.73. The smallest absolute Gasteiger partial charge is 0.317 e. The standard InChI is InChI=1S/C22H25BrN4O3/c1-14-9-17(5-6-18(14)23)25-20(28)7-8-24-22(30)26-11-15-10-16(13-26)19-3-2-4-21(29)27(19)12-15/h2-6,9,15-16H,7-8,10-13H2,1H3,(H,24,30)(H,25,28)/t15-,16+/m0/s1. The van der Waals surface area contributed by atoms with Crippen LogP contribution in [0.25, 0.3) is 0 Å². The first-order chi connectivity index (χ1) is 14.4. The molecule has 0 unspecified atom stereocenters. The van der Waals surface area contributed by atoms with Gasteiger partial charge in [-0.3, -0.25) is 9.59 Å². The Bertz CT molecular complexity index is 1040. The summed E-state index contributed by atoms with van der Waals surface area (Å²) in [5.41, 5.74) is 2.83. The lowest BCUT2D eigenvalue weighted by Crippen LogP contribution is -2.52. The van der Waals surface area contributed by atoms with Crippen molar-refractivity contribution >= 4 is 33.6 Å². The summed E-state index contributed by atoms with van der Waals surface area (Å²) in [5, 5.41) is 5.72. The Kier molecular flexibility index (Phi) is 5.94. The van der Waals surface area contributed by atoms with E-state index in [0.29, 0.717) is 19.6 Å². The molecule has 1 aromatic carbocycles. The Morgan fingerprint density at radius 3 is 2.80 bits per heavy atom. The molecule has 158 valence electrons. The van der Waals surface area contributed by atoms with E-state index in [2.05, 4.69) is 26.6 Å². The van der Waals surface area contributed by atoms with Crippen molar-refractivity contribution < 1.29 is 9.59 Å². The van der Waals surface area contributed by atoms with Crippen molar-refractivity contribution in [3.8, 4) is 0 Å². The second kappa shape index (κ2) is 8.63. The number of likely N-dealkylation sites (tertiary alicyclic amines) is 1. The Balaban J connectivity index is 1.28. The number of pyridine rings is 1. The second-order valence-electron chi connectivity index (χ2n) is 8.10. The van der Waals surface area contributed by atoms with Gasteiger partial charge in [0.15, 0.2) is 0 Å². The van der Waals surface area contributed by atoms with Crippen LogP contribution in [0.2, 0.25) is 0 Å². The molecule has 7 nitrogen and oxygen atoms in total. The maximum atomic E-state index is 12.6. The van der Waals surface area contributed by atoms with Gasteiger partial charge in [0, 0.05) is 60.4 Å². The third kappa shape index (κ3) is 4.43. The molecule has 2 aliphatic rings. The second-order valence-corrected chi connectivity index (χ2v) is 8.95. The highest BCUT2D eigenvalue weighted by molar-refractivity contribution is 9.10. The average molecular weight is 473 g/mol. The maximum Gasteiger partial charge on any atom is 0.317 e. The lowest BCUT2D eigenvalue weighted by molar-refractivity contribution is -0.116. The molecule has 2 bridgehead atoms. The van der Waals surface area contributed by atoms with E-state index >= 15 is 0 Å². The van der Waals surface area contributed by atoms with Crippen molar-refractivity contribution in [2.45, 2.75) is 32.2 Å². The van der Waals surface area contributed by atoms with Crippen LogP contribution in [0.5, 0.6) is 0 Å². The molecule has 2 atom stereocenters. The predicted octanol–water partition coefficient (Wildman–Crippen LogP) is 3.08. The number of nitrogens with one attached hydrogen (secondary N) is 2. The number of halogens is 1. The molecule has 2 N–H and O–H groups in total. The number of urea groups is 1. The fourth-order valence-corrected chi connectivity index (χ4v) is 4.65. The number of hydrogen-bond acceptors (Lipinski definition) is 3. The molecule has 0 aliphatic carbocycles. The molecular formula is C22H25BrN4O3. The summed E-state index contributed by atoms with van der Waals surface area (Å²) in [4.78, 5) is 38.7. The highest BCUT2D eigenvalue weighted by Gasteiger charge is 2.36. The lowest BCUT2D eigenvalue weighted by Gasteiger charge is -2.42. The van der Waals surface area contributed by atoms with Crippen molar-refractivity contribution in [1.82, 2.24) is 14.8 Å². The van der Waals surface area contributed by atoms with Crippen LogP contribution in [-0.4, -0.2) is 41.0 Å². The van der Waals surface area contributed by atoms with E-state index in [4.69, 9.17) is 0 Å². The summed E-state index contributed by atoms with van der Waals surface area (Å²) in [6.07, 6.45) is 1.21. The molecule has 0 radical (unpaired) electrons. The molecule has 30 heavy (non-hydrogen) atoms. The van der Waals surface area contributed by atoms with Crippen LogP contribution in [0, 0.1) is 12.8 Å². The van der Waals surface area contributed by atoms with Crippen LogP contribution in [0.1, 0.15) is 30.0 Å². The third-order valence-electron chi connectivity index (χ3n) is 5.84. The van der Waals surface area contributed by atoms with Crippen LogP contribution in [0.3, 0.4) is 0 Å². The molecule has 3 heterocycles. The zero-order chi connectivity index (χ0) is 21.3. The largest absolute Gasteiger partial charge is 0.337 e. The number of nitrogens with zero attached hydrogens (tertiary/aromatic N) is 2. The lowest BCUT2D eigenvalue weighted by atomic mass is 9.83. The number of amides is 3. The minimum absolute atomic E-state index is 0.0343. The number of carbonyl (C=O) groups is 2. The Labute approximate surface area is 183 Å². The van der Waals surface area contributed by atoms with Crippen molar-refractivity contribution in [2.24, 2.45) is 5.92 Å². The van der Waals surface area contributed by atoms with E-state index in [9.17, 15) is 14.4 Å². The number of carbonyl (C=O) groups excluding carboxylic acids is 2. The van der Waals surface area contributed by atoms with Crippen LogP contribution in [-0.2, 0) is 11.3 Å². The number of anilines is 1. The summed E-state index contributed by atoms with van der Waals surface area (Å²) in [6.45, 7) is 4.12. The van der Waals surface area contributed by atoms with Crippen molar-refractivity contribution in [3.63, 3.8) is 0 Å². The molecule has 0 saturated carbocycles. The molecule has 4 rings (SSSR count). The highest BCUT2D eigenvalue weighted by atomic mass is 79.9. The van der Waals surface area contributed by atoms with E-state index in [1.807, 2.05) is 40.7 Å². The van der Waals surface area contributed by atoms with Gasteiger partial charge in [0.1, 0.15) is 0 Å². The van der Waals surface area contributed by atoms with Crippen LogP contribution in [0.15, 0.2) is 45.7 Å². The van der Waals surface area contributed by atoms with Gasteiger partial charge < -0.3 is 20.1 Å². The molecule has 0 spiro atoms. The van der Waals surface area contributed by atoms with Gasteiger partial charge in [-0.2, -0.15) is 0 Å². The van der Waals surface area contributed by atoms with E-state index in [-0.39, 0.29) is 42.3 Å². The van der Waals surface area contributed by atoms with Gasteiger partial charge >= 0.3 is 6.03 Å². The van der Waals surface area contributed by atoms with E-state index in [0.717, 1.165) is 27.8 Å². The first-order valence-electron chi connectivity index (χ1n) is 10.2. The van der Waals surface area contributed by atoms with Crippen molar-refractivity contribution in [2.75, 3.05) is 25.0 Å². The van der Waals surface area contributed by atoms with Crippen LogP contribution in [0.4, 0.5) is 10.5 Å². The molecule has 2 aliphatic heterocycles. The summed E-state index contributed by atoms with van der Waals surface area (Å²) in [5.74, 6) is 0.327. The fraction of sp³-hybridized carbons (Fsp3) is 0.409. The van der Waals surface area contributed by atoms with Gasteiger partial charge in [-0.25, -0.2) is 4.79 Å². The Hall–Kier alpha value is -2.61. The number of benzene rings is 1. The maximum absolute atomic E-state index is 12.6. The minimum atomic E-state index is -0.149. The molecule has 2 aromatic rings. The monoisotopic (exact) mass is 472 g/mol. The Morgan fingerprint density at radius 2 is 2.00 bits per heavy atom. The van der Waals surface area contributed by atoms with E-state index in [1.54, 1.807) is 12.1 Å². The van der Waals surface area contributed by atoms with Crippen LogP contribution < -0.4 is 16.2 Å². The van der Waals surface area contributed by atoms with Crippen molar-refractivity contribution in [1.29, 1.82) is 0 Å². The Morgan fingerprint density at radius 1 is 1.17 bits per heavy atom. The van der Waals surface area contributed by atoms with Gasteiger partial charge in [-0.15, -0.1) is 0 Å². The topological polar surface area (TPSA) is 83.4 Å². The zero-order valence-corrected chi connectivity index (χ0v) is 18.4.